The third kappa shape index (κ3) is 4.84. The van der Waals surface area contributed by atoms with Gasteiger partial charge >= 0.3 is 0 Å². The van der Waals surface area contributed by atoms with Gasteiger partial charge in [0.15, 0.2) is 0 Å². The van der Waals surface area contributed by atoms with E-state index < -0.39 is 29.1 Å². The van der Waals surface area contributed by atoms with E-state index in [1.54, 1.807) is 29.2 Å². The molecule has 6 rings (SSSR count). The molecular formula is C34H39N3O6. The molecule has 0 aromatic heterocycles. The molecule has 3 unspecified atom stereocenters. The molecule has 3 fully saturated rings. The lowest BCUT2D eigenvalue weighted by molar-refractivity contribution is -0.144. The molecule has 3 aliphatic heterocycles. The van der Waals surface area contributed by atoms with Crippen molar-refractivity contribution in [3.63, 3.8) is 0 Å². The Balaban J connectivity index is 1.32. The van der Waals surface area contributed by atoms with E-state index in [1.807, 2.05) is 63.2 Å². The first-order valence-electron chi connectivity index (χ1n) is 15.2. The van der Waals surface area contributed by atoms with Crippen LogP contribution in [0.5, 0.6) is 5.75 Å². The standard InChI is InChI=1S/C34H39N3O6/c1-4-42-26-15-13-24(14-16-26)35-30(39)27-28-32(41)37(17-7-8-18-38)29(34(28)20-21(2)33(27,3)43-34)31(40)36-25-12-11-22-9-5-6-10-23(22)19-25/h5-6,9-16,19,21,27-29,38H,4,7-8,17-18,20H2,1-3H3,(H,35,39)(H,36,40)/t21?,27-,28+,29?,33+,34?/m1/s1. The van der Waals surface area contributed by atoms with Gasteiger partial charge < -0.3 is 30.1 Å². The Bertz CT molecular complexity index is 1540. The van der Waals surface area contributed by atoms with E-state index in [2.05, 4.69) is 10.6 Å². The van der Waals surface area contributed by atoms with Crippen LogP contribution in [0.1, 0.15) is 40.0 Å². The number of hydrogen-bond donors (Lipinski definition) is 3. The van der Waals surface area contributed by atoms with Crippen molar-refractivity contribution < 1.29 is 29.0 Å². The SMILES string of the molecule is CCOc1ccc(NC(=O)[C@H]2[C@H]3C(=O)N(CCCCO)C(C(=O)Nc4ccc5ccccc5c4)C34CC(C)[C@]2(C)O4)cc1. The highest BCUT2D eigenvalue weighted by molar-refractivity contribution is 6.06. The molecule has 1 spiro atoms. The molecule has 3 aromatic carbocycles. The molecule has 9 nitrogen and oxygen atoms in total. The van der Waals surface area contributed by atoms with Gasteiger partial charge in [0.25, 0.3) is 0 Å². The summed E-state index contributed by atoms with van der Waals surface area (Å²) in [5.41, 5.74) is -0.846. The summed E-state index contributed by atoms with van der Waals surface area (Å²) in [4.78, 5) is 44.0. The monoisotopic (exact) mass is 585 g/mol. The van der Waals surface area contributed by atoms with E-state index in [0.717, 1.165) is 10.8 Å². The molecule has 3 heterocycles. The van der Waals surface area contributed by atoms with Gasteiger partial charge in [-0.05, 0) is 86.2 Å². The zero-order valence-electron chi connectivity index (χ0n) is 24.8. The van der Waals surface area contributed by atoms with E-state index in [0.29, 0.717) is 43.0 Å². The summed E-state index contributed by atoms with van der Waals surface area (Å²) in [6, 6.07) is 19.8. The summed E-state index contributed by atoms with van der Waals surface area (Å²) >= 11 is 0. The number of nitrogens with zero attached hydrogens (tertiary/aromatic N) is 1. The molecule has 2 bridgehead atoms. The topological polar surface area (TPSA) is 117 Å². The second-order valence-electron chi connectivity index (χ2n) is 12.2. The second-order valence-corrected chi connectivity index (χ2v) is 12.2. The van der Waals surface area contributed by atoms with Crippen LogP contribution in [-0.2, 0) is 19.1 Å². The summed E-state index contributed by atoms with van der Waals surface area (Å²) in [6.45, 7) is 6.65. The van der Waals surface area contributed by atoms with E-state index in [-0.39, 0.29) is 36.8 Å². The zero-order chi connectivity index (χ0) is 30.4. The number of aliphatic hydroxyl groups is 1. The summed E-state index contributed by atoms with van der Waals surface area (Å²) in [7, 11) is 0. The fourth-order valence-corrected chi connectivity index (χ4v) is 7.57. The van der Waals surface area contributed by atoms with Gasteiger partial charge in [-0.2, -0.15) is 0 Å². The van der Waals surface area contributed by atoms with Gasteiger partial charge in [-0.1, -0.05) is 37.3 Å². The number of anilines is 2. The molecule has 0 radical (unpaired) electrons. The quantitative estimate of drug-likeness (QED) is 0.300. The first-order chi connectivity index (χ1) is 20.7. The summed E-state index contributed by atoms with van der Waals surface area (Å²) < 4.78 is 12.3. The molecule has 226 valence electrons. The molecule has 0 saturated carbocycles. The lowest BCUT2D eigenvalue weighted by Gasteiger charge is -2.36. The highest BCUT2D eigenvalue weighted by atomic mass is 16.5. The van der Waals surface area contributed by atoms with Crippen molar-refractivity contribution in [3.05, 3.63) is 66.7 Å². The highest BCUT2D eigenvalue weighted by Gasteiger charge is 2.79. The van der Waals surface area contributed by atoms with Crippen molar-refractivity contribution in [2.45, 2.75) is 57.3 Å². The number of benzene rings is 3. The number of aliphatic hydroxyl groups excluding tert-OH is 1. The minimum Gasteiger partial charge on any atom is -0.494 e. The van der Waals surface area contributed by atoms with Gasteiger partial charge in [0.2, 0.25) is 17.7 Å². The van der Waals surface area contributed by atoms with Crippen LogP contribution in [0.3, 0.4) is 0 Å². The fourth-order valence-electron chi connectivity index (χ4n) is 7.57. The normalized spacial score (nSPS) is 29.1. The first kappa shape index (κ1) is 29.1. The number of hydrogen-bond acceptors (Lipinski definition) is 6. The number of amides is 3. The number of carbonyl (C=O) groups excluding carboxylic acids is 3. The number of likely N-dealkylation sites (tertiary alicyclic amines) is 1. The first-order valence-corrected chi connectivity index (χ1v) is 15.2. The van der Waals surface area contributed by atoms with Gasteiger partial charge in [-0.15, -0.1) is 0 Å². The Morgan fingerprint density at radius 3 is 2.42 bits per heavy atom. The van der Waals surface area contributed by atoms with Crippen LogP contribution in [0.4, 0.5) is 11.4 Å². The van der Waals surface area contributed by atoms with E-state index in [9.17, 15) is 19.5 Å². The predicted molar refractivity (Wildman–Crippen MR) is 164 cm³/mol. The average Bonchev–Trinajstić information content (AvgIpc) is 3.50. The molecular weight excluding hydrogens is 546 g/mol. The molecule has 3 aromatic rings. The van der Waals surface area contributed by atoms with Crippen LogP contribution in [0.2, 0.25) is 0 Å². The fraction of sp³-hybridized carbons (Fsp3) is 0.441. The van der Waals surface area contributed by atoms with Gasteiger partial charge in [0, 0.05) is 24.5 Å². The van der Waals surface area contributed by atoms with Gasteiger partial charge in [0.05, 0.1) is 24.0 Å². The van der Waals surface area contributed by atoms with Crippen molar-refractivity contribution >= 4 is 39.9 Å². The molecule has 6 atom stereocenters. The maximum absolute atomic E-state index is 14.2. The number of carbonyl (C=O) groups is 3. The van der Waals surface area contributed by atoms with Crippen molar-refractivity contribution in [3.8, 4) is 5.75 Å². The molecule has 3 aliphatic rings. The minimum atomic E-state index is -1.15. The molecule has 0 aliphatic carbocycles. The van der Waals surface area contributed by atoms with Crippen LogP contribution in [-0.4, -0.2) is 64.7 Å². The summed E-state index contributed by atoms with van der Waals surface area (Å²) in [5.74, 6) is -1.84. The lowest BCUT2D eigenvalue weighted by atomic mass is 9.62. The lowest BCUT2D eigenvalue weighted by Crippen LogP contribution is -2.54. The molecule has 3 N–H and O–H groups in total. The summed E-state index contributed by atoms with van der Waals surface area (Å²) in [6.07, 6.45) is 1.51. The van der Waals surface area contributed by atoms with E-state index >= 15 is 0 Å². The minimum absolute atomic E-state index is 0.0106. The maximum Gasteiger partial charge on any atom is 0.250 e. The third-order valence-corrected chi connectivity index (χ3v) is 9.60. The highest BCUT2D eigenvalue weighted by Crippen LogP contribution is 2.65. The van der Waals surface area contributed by atoms with Crippen molar-refractivity contribution in [2.24, 2.45) is 17.8 Å². The van der Waals surface area contributed by atoms with Gasteiger partial charge in [-0.3, -0.25) is 14.4 Å². The van der Waals surface area contributed by atoms with Crippen LogP contribution >= 0.6 is 0 Å². The van der Waals surface area contributed by atoms with Gasteiger partial charge in [-0.25, -0.2) is 0 Å². The number of fused-ring (bicyclic) bond motifs is 2. The Morgan fingerprint density at radius 2 is 1.70 bits per heavy atom. The van der Waals surface area contributed by atoms with Crippen molar-refractivity contribution in [2.75, 3.05) is 30.4 Å². The number of ether oxygens (including phenoxy) is 2. The molecule has 43 heavy (non-hydrogen) atoms. The Hall–Kier alpha value is -3.95. The predicted octanol–water partition coefficient (Wildman–Crippen LogP) is 4.60. The van der Waals surface area contributed by atoms with Crippen LogP contribution < -0.4 is 15.4 Å². The molecule has 3 amide bonds. The number of unbranched alkanes of at least 4 members (excludes halogenated alkanes) is 1. The smallest absolute Gasteiger partial charge is 0.250 e. The van der Waals surface area contributed by atoms with Crippen LogP contribution in [0.25, 0.3) is 10.8 Å². The summed E-state index contributed by atoms with van der Waals surface area (Å²) in [5, 5.41) is 17.5. The van der Waals surface area contributed by atoms with Gasteiger partial charge in [0.1, 0.15) is 17.4 Å². The Labute approximate surface area is 251 Å². The maximum atomic E-state index is 14.2. The third-order valence-electron chi connectivity index (χ3n) is 9.60. The molecule has 9 heteroatoms. The second kappa shape index (κ2) is 11.3. The van der Waals surface area contributed by atoms with Crippen LogP contribution in [0, 0.1) is 17.8 Å². The van der Waals surface area contributed by atoms with E-state index in [4.69, 9.17) is 9.47 Å². The number of nitrogens with one attached hydrogen (secondary N) is 2. The Kier molecular flexibility index (Phi) is 7.64. The molecule has 3 saturated heterocycles. The average molecular weight is 586 g/mol. The van der Waals surface area contributed by atoms with Crippen molar-refractivity contribution in [1.82, 2.24) is 4.90 Å². The Morgan fingerprint density at radius 1 is 1.00 bits per heavy atom. The number of rotatable bonds is 10. The van der Waals surface area contributed by atoms with Crippen molar-refractivity contribution in [1.29, 1.82) is 0 Å². The van der Waals surface area contributed by atoms with E-state index in [1.165, 1.54) is 0 Å². The zero-order valence-corrected chi connectivity index (χ0v) is 24.8. The van der Waals surface area contributed by atoms with Crippen LogP contribution in [0.15, 0.2) is 66.7 Å². The largest absolute Gasteiger partial charge is 0.494 e.